The minimum absolute atomic E-state index is 0.114. The summed E-state index contributed by atoms with van der Waals surface area (Å²) in [5, 5.41) is 4.51. The van der Waals surface area contributed by atoms with Crippen LogP contribution in [0.4, 0.5) is 0 Å². The molecule has 1 aromatic heterocycles. The number of rotatable bonds is 2. The summed E-state index contributed by atoms with van der Waals surface area (Å²) in [4.78, 5) is 14.3. The van der Waals surface area contributed by atoms with Gasteiger partial charge in [-0.2, -0.15) is 5.10 Å². The molecular formula is C15H17N3O. The molecule has 0 spiro atoms. The molecule has 1 fully saturated rings. The van der Waals surface area contributed by atoms with Crippen molar-refractivity contribution in [1.29, 1.82) is 0 Å². The monoisotopic (exact) mass is 255 g/mol. The average molecular weight is 255 g/mol. The van der Waals surface area contributed by atoms with Gasteiger partial charge in [-0.1, -0.05) is 18.2 Å². The van der Waals surface area contributed by atoms with Crippen molar-refractivity contribution in [2.75, 3.05) is 13.1 Å². The summed E-state index contributed by atoms with van der Waals surface area (Å²) in [7, 11) is 0. The standard InChI is InChI=1S/C15H17N3O/c1-11-14(15(19)17-9-6-10-17)12(2)18(16-11)13-7-4-3-5-8-13/h3-5,7-8H,6,9-10H2,1-2H3. The Balaban J connectivity index is 2.03. The third-order valence-corrected chi connectivity index (χ3v) is 3.65. The van der Waals surface area contributed by atoms with Crippen LogP contribution in [0.3, 0.4) is 0 Å². The van der Waals surface area contributed by atoms with E-state index in [9.17, 15) is 4.79 Å². The Morgan fingerprint density at radius 3 is 2.42 bits per heavy atom. The van der Waals surface area contributed by atoms with Crippen LogP contribution in [0.25, 0.3) is 5.69 Å². The van der Waals surface area contributed by atoms with Gasteiger partial charge in [0, 0.05) is 13.1 Å². The zero-order valence-electron chi connectivity index (χ0n) is 11.3. The van der Waals surface area contributed by atoms with Gasteiger partial charge < -0.3 is 4.90 Å². The van der Waals surface area contributed by atoms with E-state index >= 15 is 0 Å². The first-order valence-electron chi connectivity index (χ1n) is 6.59. The molecule has 4 heteroatoms. The van der Waals surface area contributed by atoms with Crippen LogP contribution < -0.4 is 0 Å². The predicted molar refractivity (Wildman–Crippen MR) is 73.6 cm³/mol. The Hall–Kier alpha value is -2.10. The van der Waals surface area contributed by atoms with Crippen LogP contribution in [0.15, 0.2) is 30.3 Å². The molecule has 19 heavy (non-hydrogen) atoms. The summed E-state index contributed by atoms with van der Waals surface area (Å²) < 4.78 is 1.85. The van der Waals surface area contributed by atoms with Gasteiger partial charge >= 0.3 is 0 Å². The number of likely N-dealkylation sites (tertiary alicyclic amines) is 1. The molecule has 1 aliphatic rings. The van der Waals surface area contributed by atoms with Gasteiger partial charge in [0.05, 0.1) is 22.6 Å². The zero-order valence-corrected chi connectivity index (χ0v) is 11.3. The molecule has 0 aliphatic carbocycles. The molecule has 3 rings (SSSR count). The molecule has 0 radical (unpaired) electrons. The molecule has 4 nitrogen and oxygen atoms in total. The molecule has 0 unspecified atom stereocenters. The predicted octanol–water partition coefficient (Wildman–Crippen LogP) is 2.34. The van der Waals surface area contributed by atoms with E-state index < -0.39 is 0 Å². The van der Waals surface area contributed by atoms with Crippen LogP contribution >= 0.6 is 0 Å². The van der Waals surface area contributed by atoms with E-state index in [4.69, 9.17) is 0 Å². The second-order valence-corrected chi connectivity index (χ2v) is 4.94. The van der Waals surface area contributed by atoms with E-state index in [1.165, 1.54) is 0 Å². The van der Waals surface area contributed by atoms with Crippen LogP contribution in [0.5, 0.6) is 0 Å². The van der Waals surface area contributed by atoms with Crippen LogP contribution in [0, 0.1) is 13.8 Å². The Bertz CT molecular complexity index is 612. The Morgan fingerprint density at radius 2 is 1.84 bits per heavy atom. The molecule has 98 valence electrons. The Kier molecular flexibility index (Phi) is 2.85. The summed E-state index contributed by atoms with van der Waals surface area (Å²) in [5.41, 5.74) is 3.47. The number of hydrogen-bond donors (Lipinski definition) is 0. The summed E-state index contributed by atoms with van der Waals surface area (Å²) in [6.45, 7) is 5.60. The van der Waals surface area contributed by atoms with Gasteiger partial charge in [0.25, 0.3) is 5.91 Å². The average Bonchev–Trinajstić information content (AvgIpc) is 2.63. The van der Waals surface area contributed by atoms with Crippen LogP contribution in [-0.2, 0) is 0 Å². The second-order valence-electron chi connectivity index (χ2n) is 4.94. The molecule has 0 bridgehead atoms. The van der Waals surface area contributed by atoms with Crippen LogP contribution in [0.2, 0.25) is 0 Å². The number of para-hydroxylation sites is 1. The molecule has 1 aromatic carbocycles. The lowest BCUT2D eigenvalue weighted by molar-refractivity contribution is 0.0650. The summed E-state index contributed by atoms with van der Waals surface area (Å²) >= 11 is 0. The maximum atomic E-state index is 12.4. The quantitative estimate of drug-likeness (QED) is 0.826. The first kappa shape index (κ1) is 12.0. The maximum Gasteiger partial charge on any atom is 0.257 e. The van der Waals surface area contributed by atoms with E-state index in [0.717, 1.165) is 42.1 Å². The highest BCUT2D eigenvalue weighted by atomic mass is 16.2. The Morgan fingerprint density at radius 1 is 1.16 bits per heavy atom. The Labute approximate surface area is 112 Å². The number of carbonyl (C=O) groups is 1. The summed E-state index contributed by atoms with van der Waals surface area (Å²) in [6.07, 6.45) is 1.11. The van der Waals surface area contributed by atoms with Crippen molar-refractivity contribution < 1.29 is 4.79 Å². The highest BCUT2D eigenvalue weighted by Crippen LogP contribution is 2.21. The minimum atomic E-state index is 0.114. The molecule has 0 atom stereocenters. The molecule has 1 aliphatic heterocycles. The lowest BCUT2D eigenvalue weighted by Gasteiger charge is -2.30. The second kappa shape index (κ2) is 4.53. The molecule has 2 aromatic rings. The molecule has 0 saturated carbocycles. The molecule has 0 N–H and O–H groups in total. The van der Waals surface area contributed by atoms with Gasteiger partial charge in [-0.3, -0.25) is 4.79 Å². The van der Waals surface area contributed by atoms with E-state index in [0.29, 0.717) is 0 Å². The lowest BCUT2D eigenvalue weighted by Crippen LogP contribution is -2.42. The maximum absolute atomic E-state index is 12.4. The molecule has 2 heterocycles. The number of benzene rings is 1. The number of nitrogens with zero attached hydrogens (tertiary/aromatic N) is 3. The van der Waals surface area contributed by atoms with Crippen LogP contribution in [-0.4, -0.2) is 33.7 Å². The normalized spacial score (nSPS) is 14.3. The van der Waals surface area contributed by atoms with Crippen molar-refractivity contribution >= 4 is 5.91 Å². The summed E-state index contributed by atoms with van der Waals surface area (Å²) in [5.74, 6) is 0.114. The van der Waals surface area contributed by atoms with E-state index in [1.807, 2.05) is 53.8 Å². The lowest BCUT2D eigenvalue weighted by atomic mass is 10.1. The van der Waals surface area contributed by atoms with Gasteiger partial charge in [-0.15, -0.1) is 0 Å². The van der Waals surface area contributed by atoms with Gasteiger partial charge in [0.2, 0.25) is 0 Å². The molecule has 1 saturated heterocycles. The van der Waals surface area contributed by atoms with Crippen LogP contribution in [0.1, 0.15) is 28.2 Å². The highest BCUT2D eigenvalue weighted by molar-refractivity contribution is 5.97. The van der Waals surface area contributed by atoms with Gasteiger partial charge in [0.1, 0.15) is 0 Å². The van der Waals surface area contributed by atoms with Crippen molar-refractivity contribution in [3.63, 3.8) is 0 Å². The fourth-order valence-electron chi connectivity index (χ4n) is 2.45. The summed E-state index contributed by atoms with van der Waals surface area (Å²) in [6, 6.07) is 9.92. The van der Waals surface area contributed by atoms with Gasteiger partial charge in [-0.25, -0.2) is 4.68 Å². The van der Waals surface area contributed by atoms with Crippen molar-refractivity contribution in [3.8, 4) is 5.69 Å². The number of aromatic nitrogens is 2. The fourth-order valence-corrected chi connectivity index (χ4v) is 2.45. The number of carbonyl (C=O) groups excluding carboxylic acids is 1. The zero-order chi connectivity index (χ0) is 13.4. The first-order chi connectivity index (χ1) is 9.18. The topological polar surface area (TPSA) is 38.1 Å². The van der Waals surface area contributed by atoms with E-state index in [1.54, 1.807) is 0 Å². The van der Waals surface area contributed by atoms with Crippen molar-refractivity contribution in [2.24, 2.45) is 0 Å². The molecular weight excluding hydrogens is 238 g/mol. The third kappa shape index (κ3) is 1.93. The highest BCUT2D eigenvalue weighted by Gasteiger charge is 2.27. The van der Waals surface area contributed by atoms with E-state index in [2.05, 4.69) is 5.10 Å². The van der Waals surface area contributed by atoms with Crippen molar-refractivity contribution in [1.82, 2.24) is 14.7 Å². The van der Waals surface area contributed by atoms with Gasteiger partial charge in [-0.05, 0) is 32.4 Å². The SMILES string of the molecule is Cc1nn(-c2ccccc2)c(C)c1C(=O)N1CCC1. The van der Waals surface area contributed by atoms with Crippen molar-refractivity contribution in [3.05, 3.63) is 47.3 Å². The number of amides is 1. The minimum Gasteiger partial charge on any atom is -0.338 e. The number of aryl methyl sites for hydroxylation is 1. The fraction of sp³-hybridized carbons (Fsp3) is 0.333. The third-order valence-electron chi connectivity index (χ3n) is 3.65. The number of hydrogen-bond acceptors (Lipinski definition) is 2. The van der Waals surface area contributed by atoms with E-state index in [-0.39, 0.29) is 5.91 Å². The first-order valence-corrected chi connectivity index (χ1v) is 6.59. The van der Waals surface area contributed by atoms with Gasteiger partial charge in [0.15, 0.2) is 0 Å². The van der Waals surface area contributed by atoms with Crippen molar-refractivity contribution in [2.45, 2.75) is 20.3 Å². The molecule has 1 amide bonds. The smallest absolute Gasteiger partial charge is 0.257 e. The largest absolute Gasteiger partial charge is 0.338 e.